The minimum absolute atomic E-state index is 0.151. The number of carbonyl (C=O) groups excluding carboxylic acids is 4. The Kier molecular flexibility index (Phi) is 1.76. The number of cyclic esters (lactones) is 4. The van der Waals surface area contributed by atoms with Crippen LogP contribution in [0.4, 0.5) is 0 Å². The molecule has 6 aliphatic rings. The lowest BCUT2D eigenvalue weighted by Crippen LogP contribution is -2.45. The van der Waals surface area contributed by atoms with Gasteiger partial charge in [-0.1, -0.05) is 0 Å². The first-order valence-corrected chi connectivity index (χ1v) is 8.09. The number of hydrogen-bond acceptors (Lipinski definition) is 6. The molecule has 4 bridgehead atoms. The monoisotopic (exact) mass is 302 g/mol. The van der Waals surface area contributed by atoms with Crippen LogP contribution in [0.1, 0.15) is 12.8 Å². The first-order valence-electron chi connectivity index (χ1n) is 8.09. The number of ether oxygens (including phenoxy) is 2. The van der Waals surface area contributed by atoms with Gasteiger partial charge in [-0.15, -0.1) is 0 Å². The van der Waals surface area contributed by atoms with Gasteiger partial charge in [-0.05, 0) is 48.3 Å². The third-order valence-electron chi connectivity index (χ3n) is 7.62. The van der Waals surface area contributed by atoms with Crippen molar-refractivity contribution in [2.45, 2.75) is 12.8 Å². The molecule has 6 heteroatoms. The topological polar surface area (TPSA) is 86.7 Å². The molecule has 22 heavy (non-hydrogen) atoms. The van der Waals surface area contributed by atoms with Gasteiger partial charge in [0.2, 0.25) is 0 Å². The molecule has 4 saturated carbocycles. The summed E-state index contributed by atoms with van der Waals surface area (Å²) in [5.41, 5.74) is 0. The van der Waals surface area contributed by atoms with Crippen LogP contribution in [0.25, 0.3) is 0 Å². The minimum Gasteiger partial charge on any atom is -0.393 e. The van der Waals surface area contributed by atoms with Gasteiger partial charge < -0.3 is 9.47 Å². The van der Waals surface area contributed by atoms with Crippen molar-refractivity contribution >= 4 is 23.9 Å². The van der Waals surface area contributed by atoms with Gasteiger partial charge in [-0.2, -0.15) is 0 Å². The van der Waals surface area contributed by atoms with Crippen molar-refractivity contribution in [3.63, 3.8) is 0 Å². The Morgan fingerprint density at radius 2 is 0.818 bits per heavy atom. The fourth-order valence-corrected chi connectivity index (χ4v) is 7.40. The van der Waals surface area contributed by atoms with Gasteiger partial charge in [0.25, 0.3) is 0 Å². The molecule has 6 nitrogen and oxygen atoms in total. The van der Waals surface area contributed by atoms with E-state index in [0.29, 0.717) is 0 Å². The van der Waals surface area contributed by atoms with E-state index in [4.69, 9.17) is 9.47 Å². The lowest BCUT2D eigenvalue weighted by atomic mass is 9.59. The average Bonchev–Trinajstić information content (AvgIpc) is 3.21. The Morgan fingerprint density at radius 1 is 0.545 bits per heavy atom. The summed E-state index contributed by atoms with van der Waals surface area (Å²) in [6.45, 7) is 0. The van der Waals surface area contributed by atoms with Gasteiger partial charge in [-0.3, -0.25) is 19.2 Å². The molecular formula is C16H14O6. The fourth-order valence-electron chi connectivity index (χ4n) is 7.40. The van der Waals surface area contributed by atoms with Crippen LogP contribution in [0.5, 0.6) is 0 Å². The Hall–Kier alpha value is -1.72. The van der Waals surface area contributed by atoms with Crippen molar-refractivity contribution in [1.29, 1.82) is 0 Å². The van der Waals surface area contributed by atoms with Gasteiger partial charge in [0, 0.05) is 0 Å². The highest BCUT2D eigenvalue weighted by atomic mass is 16.6. The molecule has 8 unspecified atom stereocenters. The van der Waals surface area contributed by atoms with Crippen LogP contribution in [0.2, 0.25) is 0 Å². The van der Waals surface area contributed by atoms with Crippen molar-refractivity contribution in [1.82, 2.24) is 0 Å². The number of rotatable bonds is 0. The van der Waals surface area contributed by atoms with E-state index in [1.807, 2.05) is 0 Å². The van der Waals surface area contributed by atoms with E-state index in [-0.39, 0.29) is 83.1 Å². The van der Waals surface area contributed by atoms with E-state index in [9.17, 15) is 19.2 Å². The maximum atomic E-state index is 12.0. The van der Waals surface area contributed by atoms with E-state index in [1.54, 1.807) is 0 Å². The Morgan fingerprint density at radius 3 is 1.09 bits per heavy atom. The first kappa shape index (κ1) is 11.8. The molecule has 2 aliphatic heterocycles. The van der Waals surface area contributed by atoms with Crippen molar-refractivity contribution in [3.05, 3.63) is 0 Å². The molecule has 0 amide bonds. The second-order valence-corrected chi connectivity index (χ2v) is 7.86. The van der Waals surface area contributed by atoms with Crippen molar-refractivity contribution in [3.8, 4) is 0 Å². The maximum absolute atomic E-state index is 12.0. The van der Waals surface area contributed by atoms with Gasteiger partial charge in [0.1, 0.15) is 0 Å². The molecular weight excluding hydrogens is 288 g/mol. The zero-order chi connectivity index (χ0) is 14.9. The largest absolute Gasteiger partial charge is 0.393 e. The smallest absolute Gasteiger partial charge is 0.317 e. The molecule has 8 atom stereocenters. The minimum atomic E-state index is -0.370. The van der Waals surface area contributed by atoms with Gasteiger partial charge in [0.15, 0.2) is 0 Å². The molecule has 0 aromatic rings. The number of hydrogen-bond donors (Lipinski definition) is 0. The highest BCUT2D eigenvalue weighted by molar-refractivity contribution is 5.99. The summed E-state index contributed by atoms with van der Waals surface area (Å²) >= 11 is 0. The normalized spacial score (nSPS) is 59.6. The Labute approximate surface area is 125 Å². The second-order valence-electron chi connectivity index (χ2n) is 7.86. The highest BCUT2D eigenvalue weighted by Crippen LogP contribution is 2.74. The SMILES string of the molecule is O=C1OC(=O)C2C3CC(C12)C1C2CC(C4C(=O)OC(=O)C24)C31. The molecule has 4 aliphatic carbocycles. The van der Waals surface area contributed by atoms with E-state index in [2.05, 4.69) is 0 Å². The summed E-state index contributed by atoms with van der Waals surface area (Å²) in [6.07, 6.45) is 1.75. The van der Waals surface area contributed by atoms with Gasteiger partial charge >= 0.3 is 23.9 Å². The molecule has 2 heterocycles. The molecule has 6 rings (SSSR count). The van der Waals surface area contributed by atoms with Crippen LogP contribution in [0, 0.1) is 59.2 Å². The summed E-state index contributed by atoms with van der Waals surface area (Å²) in [4.78, 5) is 48.0. The zero-order valence-electron chi connectivity index (χ0n) is 11.6. The molecule has 6 fully saturated rings. The quantitative estimate of drug-likeness (QED) is 0.360. The summed E-state index contributed by atoms with van der Waals surface area (Å²) < 4.78 is 9.73. The zero-order valence-corrected chi connectivity index (χ0v) is 11.6. The lowest BCUT2D eigenvalue weighted by Gasteiger charge is -2.40. The van der Waals surface area contributed by atoms with E-state index in [0.717, 1.165) is 12.8 Å². The standard InChI is InChI=1S/C16H14O6/c17-13-9-3-1-4(10(9)14(18)21-13)8-6-2-5(7(3)8)11-12(6)16(20)22-15(11)19/h3-12H,1-2H2. The van der Waals surface area contributed by atoms with Crippen molar-refractivity contribution in [2.75, 3.05) is 0 Å². The van der Waals surface area contributed by atoms with E-state index in [1.165, 1.54) is 0 Å². The van der Waals surface area contributed by atoms with Crippen LogP contribution < -0.4 is 0 Å². The third-order valence-corrected chi connectivity index (χ3v) is 7.62. The van der Waals surface area contributed by atoms with E-state index >= 15 is 0 Å². The summed E-state index contributed by atoms with van der Waals surface area (Å²) in [5, 5.41) is 0. The predicted molar refractivity (Wildman–Crippen MR) is 66.3 cm³/mol. The number of fused-ring (bicyclic) bond motifs is 15. The molecule has 0 aromatic carbocycles. The van der Waals surface area contributed by atoms with Crippen LogP contribution in [-0.2, 0) is 28.7 Å². The van der Waals surface area contributed by atoms with Crippen LogP contribution in [-0.4, -0.2) is 23.9 Å². The first-order chi connectivity index (χ1) is 10.6. The van der Waals surface area contributed by atoms with Crippen molar-refractivity contribution < 1.29 is 28.7 Å². The van der Waals surface area contributed by atoms with Crippen LogP contribution in [0.3, 0.4) is 0 Å². The summed E-state index contributed by atoms with van der Waals surface area (Å²) in [5.74, 6) is -1.51. The average molecular weight is 302 g/mol. The molecule has 0 spiro atoms. The lowest BCUT2D eigenvalue weighted by molar-refractivity contribution is -0.156. The second kappa shape index (κ2) is 3.29. The third kappa shape index (κ3) is 0.989. The number of esters is 4. The Balaban J connectivity index is 1.46. The molecule has 2 saturated heterocycles. The van der Waals surface area contributed by atoms with Crippen LogP contribution in [0.15, 0.2) is 0 Å². The molecule has 0 N–H and O–H groups in total. The molecule has 0 radical (unpaired) electrons. The van der Waals surface area contributed by atoms with E-state index < -0.39 is 0 Å². The Bertz CT molecular complexity index is 572. The molecule has 114 valence electrons. The highest BCUT2D eigenvalue weighted by Gasteiger charge is 2.77. The van der Waals surface area contributed by atoms with Gasteiger partial charge in [-0.25, -0.2) is 0 Å². The van der Waals surface area contributed by atoms with Crippen molar-refractivity contribution in [2.24, 2.45) is 59.2 Å². The number of carbonyl (C=O) groups is 4. The summed E-state index contributed by atoms with van der Waals surface area (Å²) in [6, 6.07) is 0. The predicted octanol–water partition coefficient (Wildman–Crippen LogP) is 0.150. The molecule has 0 aromatic heterocycles. The van der Waals surface area contributed by atoms with Gasteiger partial charge in [0.05, 0.1) is 23.7 Å². The summed E-state index contributed by atoms with van der Waals surface area (Å²) in [7, 11) is 0. The van der Waals surface area contributed by atoms with Crippen LogP contribution >= 0.6 is 0 Å². The fraction of sp³-hybridized carbons (Fsp3) is 0.750. The maximum Gasteiger partial charge on any atom is 0.317 e.